The molecule has 22 heavy (non-hydrogen) atoms. The molecule has 1 amide bonds. The lowest BCUT2D eigenvalue weighted by molar-refractivity contribution is -0.124. The minimum atomic E-state index is -0.470. The van der Waals surface area contributed by atoms with Gasteiger partial charge in [0.15, 0.2) is 0 Å². The number of fused-ring (bicyclic) bond motifs is 2. The standard InChI is InChI=1S/C18H21N3O/c1-18(2,21-17(22)15-13-9-19-10-14(13)15)16-12-6-4-3-5-11(12)7-8-20-16/h3-8,13-15,19H,9-10H2,1-2H3,(H,21,22). The van der Waals surface area contributed by atoms with E-state index in [0.29, 0.717) is 11.8 Å². The predicted molar refractivity (Wildman–Crippen MR) is 86.3 cm³/mol. The molecule has 1 saturated heterocycles. The van der Waals surface area contributed by atoms with Crippen LogP contribution in [0.4, 0.5) is 0 Å². The molecule has 0 spiro atoms. The molecule has 1 aromatic carbocycles. The number of nitrogens with zero attached hydrogens (tertiary/aromatic N) is 1. The highest BCUT2D eigenvalue weighted by Gasteiger charge is 2.57. The van der Waals surface area contributed by atoms with Crippen molar-refractivity contribution >= 4 is 16.7 Å². The van der Waals surface area contributed by atoms with Gasteiger partial charge in [0.25, 0.3) is 0 Å². The largest absolute Gasteiger partial charge is 0.345 e. The molecular formula is C18H21N3O. The quantitative estimate of drug-likeness (QED) is 0.911. The molecule has 2 unspecified atom stereocenters. The van der Waals surface area contributed by atoms with E-state index in [1.54, 1.807) is 0 Å². The molecule has 1 aliphatic heterocycles. The number of hydrogen-bond donors (Lipinski definition) is 2. The lowest BCUT2D eigenvalue weighted by Crippen LogP contribution is -2.43. The van der Waals surface area contributed by atoms with Gasteiger partial charge < -0.3 is 10.6 Å². The maximum atomic E-state index is 12.6. The second-order valence-corrected chi connectivity index (χ2v) is 7.01. The van der Waals surface area contributed by atoms with E-state index in [9.17, 15) is 4.79 Å². The number of piperidine rings is 1. The summed E-state index contributed by atoms with van der Waals surface area (Å²) in [5.41, 5.74) is 0.463. The van der Waals surface area contributed by atoms with E-state index in [1.807, 2.05) is 38.2 Å². The van der Waals surface area contributed by atoms with Crippen LogP contribution in [0.15, 0.2) is 36.5 Å². The molecule has 2 aliphatic rings. The fourth-order valence-corrected chi connectivity index (χ4v) is 3.88. The summed E-state index contributed by atoms with van der Waals surface area (Å²) in [7, 11) is 0. The van der Waals surface area contributed by atoms with Crippen molar-refractivity contribution in [3.63, 3.8) is 0 Å². The zero-order valence-corrected chi connectivity index (χ0v) is 13.0. The molecule has 4 rings (SSSR count). The maximum Gasteiger partial charge on any atom is 0.224 e. The molecule has 2 N–H and O–H groups in total. The Morgan fingerprint density at radius 2 is 1.95 bits per heavy atom. The van der Waals surface area contributed by atoms with Crippen LogP contribution in [0.3, 0.4) is 0 Å². The molecule has 114 valence electrons. The van der Waals surface area contributed by atoms with Crippen LogP contribution >= 0.6 is 0 Å². The Morgan fingerprint density at radius 3 is 2.73 bits per heavy atom. The van der Waals surface area contributed by atoms with Gasteiger partial charge in [-0.05, 0) is 50.2 Å². The Balaban J connectivity index is 1.61. The third kappa shape index (κ3) is 2.10. The van der Waals surface area contributed by atoms with Crippen molar-refractivity contribution < 1.29 is 4.79 Å². The lowest BCUT2D eigenvalue weighted by atomic mass is 9.94. The van der Waals surface area contributed by atoms with Gasteiger partial charge in [-0.2, -0.15) is 0 Å². The predicted octanol–water partition coefficient (Wildman–Crippen LogP) is 2.05. The molecule has 2 heterocycles. The lowest BCUT2D eigenvalue weighted by Gasteiger charge is -2.27. The van der Waals surface area contributed by atoms with Crippen LogP contribution in [0.1, 0.15) is 19.5 Å². The maximum absolute atomic E-state index is 12.6. The SMILES string of the molecule is CC(C)(NC(=O)C1C2CNCC21)c1nccc2ccccc12. The molecule has 0 bridgehead atoms. The first kappa shape index (κ1) is 13.7. The number of benzene rings is 1. The van der Waals surface area contributed by atoms with E-state index in [-0.39, 0.29) is 11.8 Å². The molecule has 2 atom stereocenters. The summed E-state index contributed by atoms with van der Waals surface area (Å²) < 4.78 is 0. The summed E-state index contributed by atoms with van der Waals surface area (Å²) in [6.45, 7) is 6.04. The van der Waals surface area contributed by atoms with Gasteiger partial charge in [-0.15, -0.1) is 0 Å². The summed E-state index contributed by atoms with van der Waals surface area (Å²) in [5, 5.41) is 8.82. The molecule has 1 aliphatic carbocycles. The van der Waals surface area contributed by atoms with Crippen LogP contribution in [0, 0.1) is 17.8 Å². The fraction of sp³-hybridized carbons (Fsp3) is 0.444. The van der Waals surface area contributed by atoms with Crippen molar-refractivity contribution in [3.8, 4) is 0 Å². The average Bonchev–Trinajstić information content (AvgIpc) is 3.00. The van der Waals surface area contributed by atoms with Gasteiger partial charge in [-0.3, -0.25) is 9.78 Å². The Kier molecular flexibility index (Phi) is 2.98. The average molecular weight is 295 g/mol. The Bertz CT molecular complexity index is 725. The zero-order chi connectivity index (χ0) is 15.3. The van der Waals surface area contributed by atoms with Gasteiger partial charge in [0.1, 0.15) is 0 Å². The van der Waals surface area contributed by atoms with Gasteiger partial charge in [0.05, 0.1) is 11.2 Å². The molecule has 4 nitrogen and oxygen atoms in total. The molecule has 2 aromatic rings. The molecule has 4 heteroatoms. The van der Waals surface area contributed by atoms with E-state index >= 15 is 0 Å². The Labute approximate surface area is 130 Å². The highest BCUT2D eigenvalue weighted by Crippen LogP contribution is 2.49. The van der Waals surface area contributed by atoms with Crippen LogP contribution in [-0.2, 0) is 10.3 Å². The van der Waals surface area contributed by atoms with Crippen LogP contribution < -0.4 is 10.6 Å². The van der Waals surface area contributed by atoms with Gasteiger partial charge in [-0.25, -0.2) is 0 Å². The number of amides is 1. The molecular weight excluding hydrogens is 274 g/mol. The Morgan fingerprint density at radius 1 is 1.23 bits per heavy atom. The first-order valence-corrected chi connectivity index (χ1v) is 7.95. The molecule has 1 aromatic heterocycles. The minimum Gasteiger partial charge on any atom is -0.345 e. The van der Waals surface area contributed by atoms with Crippen molar-refractivity contribution in [2.75, 3.05) is 13.1 Å². The molecule has 1 saturated carbocycles. The van der Waals surface area contributed by atoms with Gasteiger partial charge in [-0.1, -0.05) is 24.3 Å². The summed E-state index contributed by atoms with van der Waals surface area (Å²) in [6, 6.07) is 10.2. The normalized spacial score (nSPS) is 26.7. The minimum absolute atomic E-state index is 0.177. The number of rotatable bonds is 3. The number of hydrogen-bond acceptors (Lipinski definition) is 3. The first-order chi connectivity index (χ1) is 10.6. The van der Waals surface area contributed by atoms with Crippen LogP contribution in [0.2, 0.25) is 0 Å². The molecule has 0 radical (unpaired) electrons. The monoisotopic (exact) mass is 295 g/mol. The summed E-state index contributed by atoms with van der Waals surface area (Å²) in [4.78, 5) is 17.1. The highest BCUT2D eigenvalue weighted by atomic mass is 16.2. The third-order valence-electron chi connectivity index (χ3n) is 5.10. The second-order valence-electron chi connectivity index (χ2n) is 7.01. The van der Waals surface area contributed by atoms with Crippen LogP contribution in [0.25, 0.3) is 10.8 Å². The summed E-state index contributed by atoms with van der Waals surface area (Å²) in [6.07, 6.45) is 1.82. The zero-order valence-electron chi connectivity index (χ0n) is 13.0. The number of nitrogens with one attached hydrogen (secondary N) is 2. The van der Waals surface area contributed by atoms with E-state index in [2.05, 4.69) is 27.8 Å². The topological polar surface area (TPSA) is 54.0 Å². The third-order valence-corrected chi connectivity index (χ3v) is 5.10. The second kappa shape index (κ2) is 4.78. The number of carbonyl (C=O) groups is 1. The van der Waals surface area contributed by atoms with E-state index in [1.165, 1.54) is 0 Å². The number of aromatic nitrogens is 1. The van der Waals surface area contributed by atoms with Gasteiger partial charge in [0, 0.05) is 17.5 Å². The highest BCUT2D eigenvalue weighted by molar-refractivity contribution is 5.87. The first-order valence-electron chi connectivity index (χ1n) is 7.95. The van der Waals surface area contributed by atoms with Gasteiger partial charge in [0.2, 0.25) is 5.91 Å². The number of pyridine rings is 1. The van der Waals surface area contributed by atoms with Crippen molar-refractivity contribution in [1.82, 2.24) is 15.6 Å². The van der Waals surface area contributed by atoms with Crippen LogP contribution in [0.5, 0.6) is 0 Å². The summed E-state index contributed by atoms with van der Waals surface area (Å²) >= 11 is 0. The number of carbonyl (C=O) groups excluding carboxylic acids is 1. The Hall–Kier alpha value is -1.94. The smallest absolute Gasteiger partial charge is 0.224 e. The van der Waals surface area contributed by atoms with E-state index in [0.717, 1.165) is 29.6 Å². The van der Waals surface area contributed by atoms with Crippen molar-refractivity contribution in [2.24, 2.45) is 17.8 Å². The van der Waals surface area contributed by atoms with E-state index < -0.39 is 5.54 Å². The van der Waals surface area contributed by atoms with E-state index in [4.69, 9.17) is 0 Å². The van der Waals surface area contributed by atoms with Crippen molar-refractivity contribution in [2.45, 2.75) is 19.4 Å². The molecule has 2 fully saturated rings. The fourth-order valence-electron chi connectivity index (χ4n) is 3.88. The van der Waals surface area contributed by atoms with Gasteiger partial charge >= 0.3 is 0 Å². The van der Waals surface area contributed by atoms with Crippen molar-refractivity contribution in [3.05, 3.63) is 42.2 Å². The van der Waals surface area contributed by atoms with Crippen molar-refractivity contribution in [1.29, 1.82) is 0 Å². The van der Waals surface area contributed by atoms with Crippen LogP contribution in [-0.4, -0.2) is 24.0 Å². The summed E-state index contributed by atoms with van der Waals surface area (Å²) in [5.74, 6) is 1.44.